The van der Waals surface area contributed by atoms with E-state index in [1.165, 1.54) is 7.11 Å². The Kier molecular flexibility index (Phi) is 8.40. The maximum Gasteiger partial charge on any atom is 0.251 e. The van der Waals surface area contributed by atoms with Crippen LogP contribution in [0.15, 0.2) is 42.5 Å². The minimum absolute atomic E-state index is 0. The van der Waals surface area contributed by atoms with Crippen LogP contribution in [0.3, 0.4) is 0 Å². The summed E-state index contributed by atoms with van der Waals surface area (Å²) < 4.78 is 5.10. The number of nitrogens with one attached hydrogen (secondary N) is 2. The zero-order chi connectivity index (χ0) is 19.3. The number of ether oxygens (including phenoxy) is 1. The van der Waals surface area contributed by atoms with Crippen LogP contribution in [-0.2, 0) is 4.79 Å². The third-order valence-electron chi connectivity index (χ3n) is 3.84. The van der Waals surface area contributed by atoms with Gasteiger partial charge in [0.1, 0.15) is 11.8 Å². The molecular weight excluding hydrogens is 389 g/mol. The lowest BCUT2D eigenvalue weighted by Gasteiger charge is -2.22. The first-order valence-corrected chi connectivity index (χ1v) is 8.50. The summed E-state index contributed by atoms with van der Waals surface area (Å²) in [6.45, 7) is 3.71. The first kappa shape index (κ1) is 22.6. The number of halogens is 2. The zero-order valence-corrected chi connectivity index (χ0v) is 16.9. The average Bonchev–Trinajstić information content (AvgIpc) is 2.59. The molecule has 0 aliphatic carbocycles. The number of nitrogens with two attached hydrogens (primary N) is 1. The van der Waals surface area contributed by atoms with E-state index in [1.807, 2.05) is 13.8 Å². The van der Waals surface area contributed by atoms with Crippen LogP contribution in [0.25, 0.3) is 0 Å². The fraction of sp³-hybridized carbons (Fsp3) is 0.263. The van der Waals surface area contributed by atoms with E-state index in [0.29, 0.717) is 27.7 Å². The lowest BCUT2D eigenvalue weighted by molar-refractivity contribution is -0.118. The molecule has 0 radical (unpaired) electrons. The maximum absolute atomic E-state index is 12.6. The second-order valence-corrected chi connectivity index (χ2v) is 6.58. The van der Waals surface area contributed by atoms with Gasteiger partial charge in [0, 0.05) is 16.3 Å². The van der Waals surface area contributed by atoms with Gasteiger partial charge in [-0.3, -0.25) is 9.59 Å². The molecule has 0 bridgehead atoms. The average molecular weight is 412 g/mol. The SMILES string of the molecule is COc1ccc(NC(=O)C(NC(=O)c2ccc(Cl)cc2)C(C)C)cc1N.Cl. The van der Waals surface area contributed by atoms with Crippen molar-refractivity contribution in [2.75, 3.05) is 18.2 Å². The minimum atomic E-state index is -0.707. The summed E-state index contributed by atoms with van der Waals surface area (Å²) in [6.07, 6.45) is 0. The Morgan fingerprint density at radius 2 is 1.74 bits per heavy atom. The van der Waals surface area contributed by atoms with Crippen molar-refractivity contribution in [3.63, 3.8) is 0 Å². The van der Waals surface area contributed by atoms with Gasteiger partial charge in [-0.15, -0.1) is 12.4 Å². The Morgan fingerprint density at radius 3 is 2.26 bits per heavy atom. The van der Waals surface area contributed by atoms with Crippen molar-refractivity contribution in [2.45, 2.75) is 19.9 Å². The van der Waals surface area contributed by atoms with Gasteiger partial charge < -0.3 is 21.1 Å². The van der Waals surface area contributed by atoms with Crippen molar-refractivity contribution in [2.24, 2.45) is 5.92 Å². The fourth-order valence-corrected chi connectivity index (χ4v) is 2.52. The molecule has 146 valence electrons. The van der Waals surface area contributed by atoms with E-state index >= 15 is 0 Å². The highest BCUT2D eigenvalue weighted by Gasteiger charge is 2.25. The Hall–Kier alpha value is -2.44. The van der Waals surface area contributed by atoms with Crippen LogP contribution in [-0.4, -0.2) is 25.0 Å². The van der Waals surface area contributed by atoms with Crippen molar-refractivity contribution in [3.05, 3.63) is 53.1 Å². The quantitative estimate of drug-likeness (QED) is 0.630. The standard InChI is InChI=1S/C19H22ClN3O3.ClH/c1-11(2)17(23-18(24)12-4-6-13(20)7-5-12)19(25)22-14-8-9-16(26-3)15(21)10-14;/h4-11,17H,21H2,1-3H3,(H,22,25)(H,23,24);1H. The van der Waals surface area contributed by atoms with Crippen molar-refractivity contribution in [1.29, 1.82) is 0 Å². The summed E-state index contributed by atoms with van der Waals surface area (Å²) in [6, 6.07) is 10.7. The van der Waals surface area contributed by atoms with Gasteiger partial charge >= 0.3 is 0 Å². The van der Waals surface area contributed by atoms with Crippen molar-refractivity contribution < 1.29 is 14.3 Å². The van der Waals surface area contributed by atoms with Gasteiger partial charge in [-0.2, -0.15) is 0 Å². The predicted molar refractivity (Wildman–Crippen MR) is 111 cm³/mol. The van der Waals surface area contributed by atoms with Crippen LogP contribution < -0.4 is 21.1 Å². The molecule has 4 N–H and O–H groups in total. The van der Waals surface area contributed by atoms with Gasteiger partial charge in [-0.25, -0.2) is 0 Å². The topological polar surface area (TPSA) is 93.5 Å². The Labute approximate surface area is 169 Å². The molecule has 0 aliphatic heterocycles. The summed E-state index contributed by atoms with van der Waals surface area (Å²) in [5.74, 6) is -0.252. The van der Waals surface area contributed by atoms with Crippen LogP contribution in [0, 0.1) is 5.92 Å². The van der Waals surface area contributed by atoms with Gasteiger partial charge in [-0.05, 0) is 48.4 Å². The third-order valence-corrected chi connectivity index (χ3v) is 4.09. The second kappa shape index (κ2) is 10.0. The molecule has 8 heteroatoms. The number of methoxy groups -OCH3 is 1. The molecule has 6 nitrogen and oxygen atoms in total. The largest absolute Gasteiger partial charge is 0.495 e. The number of hydrogen-bond acceptors (Lipinski definition) is 4. The Bertz CT molecular complexity index is 795. The molecular formula is C19H23Cl2N3O3. The number of anilines is 2. The van der Waals surface area contributed by atoms with E-state index in [2.05, 4.69) is 10.6 Å². The van der Waals surface area contributed by atoms with E-state index in [0.717, 1.165) is 0 Å². The summed E-state index contributed by atoms with van der Waals surface area (Å²) in [7, 11) is 1.52. The normalized spacial score (nSPS) is 11.3. The van der Waals surface area contributed by atoms with E-state index in [4.69, 9.17) is 22.1 Å². The molecule has 0 fully saturated rings. The van der Waals surface area contributed by atoms with Gasteiger partial charge in [-0.1, -0.05) is 25.4 Å². The molecule has 0 aliphatic rings. The maximum atomic E-state index is 12.6. The molecule has 1 atom stereocenters. The molecule has 1 unspecified atom stereocenters. The number of amides is 2. The summed E-state index contributed by atoms with van der Waals surface area (Å²) in [4.78, 5) is 25.0. The van der Waals surface area contributed by atoms with Gasteiger partial charge in [0.2, 0.25) is 5.91 Å². The van der Waals surface area contributed by atoms with Crippen LogP contribution in [0.2, 0.25) is 5.02 Å². The Morgan fingerprint density at radius 1 is 1.11 bits per heavy atom. The monoisotopic (exact) mass is 411 g/mol. The lowest BCUT2D eigenvalue weighted by Crippen LogP contribution is -2.47. The highest BCUT2D eigenvalue weighted by atomic mass is 35.5. The molecule has 0 spiro atoms. The minimum Gasteiger partial charge on any atom is -0.495 e. The van der Waals surface area contributed by atoms with Gasteiger partial charge in [0.25, 0.3) is 5.91 Å². The van der Waals surface area contributed by atoms with Crippen molar-refractivity contribution >= 4 is 47.2 Å². The molecule has 0 saturated carbocycles. The van der Waals surface area contributed by atoms with E-state index in [9.17, 15) is 9.59 Å². The number of hydrogen-bond donors (Lipinski definition) is 3. The molecule has 0 saturated heterocycles. The molecule has 2 aromatic carbocycles. The molecule has 0 aromatic heterocycles. The molecule has 0 heterocycles. The molecule has 2 rings (SSSR count). The van der Waals surface area contributed by atoms with Crippen molar-refractivity contribution in [1.82, 2.24) is 5.32 Å². The smallest absolute Gasteiger partial charge is 0.251 e. The predicted octanol–water partition coefficient (Wildman–Crippen LogP) is 3.75. The number of carbonyl (C=O) groups is 2. The summed E-state index contributed by atoms with van der Waals surface area (Å²) in [5, 5.41) is 6.07. The highest BCUT2D eigenvalue weighted by Crippen LogP contribution is 2.24. The van der Waals surface area contributed by atoms with Crippen LogP contribution >= 0.6 is 24.0 Å². The molecule has 2 amide bonds. The van der Waals surface area contributed by atoms with E-state index < -0.39 is 6.04 Å². The zero-order valence-electron chi connectivity index (χ0n) is 15.3. The van der Waals surface area contributed by atoms with Gasteiger partial charge in [0.05, 0.1) is 12.8 Å². The van der Waals surface area contributed by atoms with Crippen LogP contribution in [0.1, 0.15) is 24.2 Å². The summed E-state index contributed by atoms with van der Waals surface area (Å²) in [5.41, 5.74) is 7.23. The number of benzene rings is 2. The highest BCUT2D eigenvalue weighted by molar-refractivity contribution is 6.30. The van der Waals surface area contributed by atoms with E-state index in [1.54, 1.807) is 42.5 Å². The van der Waals surface area contributed by atoms with Crippen LogP contribution in [0.4, 0.5) is 11.4 Å². The van der Waals surface area contributed by atoms with Crippen molar-refractivity contribution in [3.8, 4) is 5.75 Å². The first-order chi connectivity index (χ1) is 12.3. The Balaban J connectivity index is 0.00000364. The lowest BCUT2D eigenvalue weighted by atomic mass is 10.0. The fourth-order valence-electron chi connectivity index (χ4n) is 2.39. The number of rotatable bonds is 6. The van der Waals surface area contributed by atoms with Crippen LogP contribution in [0.5, 0.6) is 5.75 Å². The molecule has 2 aromatic rings. The number of carbonyl (C=O) groups excluding carboxylic acids is 2. The molecule has 27 heavy (non-hydrogen) atoms. The van der Waals surface area contributed by atoms with Gasteiger partial charge in [0.15, 0.2) is 0 Å². The van der Waals surface area contributed by atoms with E-state index in [-0.39, 0.29) is 30.1 Å². The second-order valence-electron chi connectivity index (χ2n) is 6.15. The number of nitrogen functional groups attached to an aromatic ring is 1. The summed E-state index contributed by atoms with van der Waals surface area (Å²) >= 11 is 5.83. The first-order valence-electron chi connectivity index (χ1n) is 8.12. The third kappa shape index (κ3) is 6.05.